The highest BCUT2D eigenvalue weighted by Gasteiger charge is 2.13. The van der Waals surface area contributed by atoms with Gasteiger partial charge in [0.25, 0.3) is 5.91 Å². The predicted octanol–water partition coefficient (Wildman–Crippen LogP) is 4.49. The van der Waals surface area contributed by atoms with Crippen molar-refractivity contribution in [1.82, 2.24) is 5.43 Å². The van der Waals surface area contributed by atoms with Gasteiger partial charge in [-0.05, 0) is 67.1 Å². The third-order valence-electron chi connectivity index (χ3n) is 4.07. The molecule has 0 unspecified atom stereocenters. The minimum absolute atomic E-state index is 0.162. The summed E-state index contributed by atoms with van der Waals surface area (Å²) in [4.78, 5) is 24.2. The number of halogens is 1. The van der Waals surface area contributed by atoms with Crippen LogP contribution in [0.4, 0.5) is 0 Å². The molecule has 0 aliphatic carbocycles. The molecule has 3 aromatic rings. The first-order valence-electron chi connectivity index (χ1n) is 9.79. The zero-order chi connectivity index (χ0) is 22.8. The van der Waals surface area contributed by atoms with Gasteiger partial charge in [0.2, 0.25) is 0 Å². The number of hydrazone groups is 1. The molecule has 0 aliphatic heterocycles. The van der Waals surface area contributed by atoms with Crippen LogP contribution in [0, 0.1) is 0 Å². The van der Waals surface area contributed by atoms with Crippen LogP contribution < -0.4 is 19.6 Å². The zero-order valence-electron chi connectivity index (χ0n) is 17.3. The van der Waals surface area contributed by atoms with E-state index in [1.807, 2.05) is 25.1 Å². The van der Waals surface area contributed by atoms with Gasteiger partial charge >= 0.3 is 5.97 Å². The predicted molar refractivity (Wildman–Crippen MR) is 122 cm³/mol. The Balaban J connectivity index is 1.60. The monoisotopic (exact) mass is 452 g/mol. The fourth-order valence-corrected chi connectivity index (χ4v) is 2.71. The molecule has 0 saturated heterocycles. The summed E-state index contributed by atoms with van der Waals surface area (Å²) in [6, 6.07) is 20.3. The maximum Gasteiger partial charge on any atom is 0.343 e. The number of esters is 1. The third-order valence-corrected chi connectivity index (χ3v) is 4.32. The van der Waals surface area contributed by atoms with Crippen LogP contribution in [-0.2, 0) is 4.79 Å². The Labute approximate surface area is 190 Å². The molecule has 7 nitrogen and oxygen atoms in total. The van der Waals surface area contributed by atoms with E-state index >= 15 is 0 Å². The molecule has 0 bridgehead atoms. The molecule has 1 amide bonds. The van der Waals surface area contributed by atoms with Crippen LogP contribution in [0.25, 0.3) is 0 Å². The van der Waals surface area contributed by atoms with Gasteiger partial charge in [-0.1, -0.05) is 29.8 Å². The van der Waals surface area contributed by atoms with Crippen molar-refractivity contribution in [3.8, 4) is 17.2 Å². The van der Waals surface area contributed by atoms with Crippen LogP contribution in [0.2, 0.25) is 5.02 Å². The highest BCUT2D eigenvalue weighted by Crippen LogP contribution is 2.29. The first-order chi connectivity index (χ1) is 15.5. The SMILES string of the molecule is CCOc1cc(C=NNC(=O)COc2ccccc2)ccc1OC(=O)c1ccc(Cl)cc1. The van der Waals surface area contributed by atoms with Crippen molar-refractivity contribution in [2.45, 2.75) is 6.92 Å². The van der Waals surface area contributed by atoms with E-state index in [1.165, 1.54) is 6.21 Å². The van der Waals surface area contributed by atoms with Gasteiger partial charge in [0.15, 0.2) is 18.1 Å². The average Bonchev–Trinajstić information content (AvgIpc) is 2.80. The Morgan fingerprint density at radius 2 is 1.72 bits per heavy atom. The summed E-state index contributed by atoms with van der Waals surface area (Å²) in [5.74, 6) is 0.303. The number of amides is 1. The Morgan fingerprint density at radius 1 is 0.969 bits per heavy atom. The summed E-state index contributed by atoms with van der Waals surface area (Å²) in [5, 5.41) is 4.45. The number of hydrogen-bond acceptors (Lipinski definition) is 6. The van der Waals surface area contributed by atoms with Crippen molar-refractivity contribution in [3.05, 3.63) is 88.9 Å². The van der Waals surface area contributed by atoms with Crippen LogP contribution in [0.5, 0.6) is 17.2 Å². The highest BCUT2D eigenvalue weighted by molar-refractivity contribution is 6.30. The maximum absolute atomic E-state index is 12.4. The van der Waals surface area contributed by atoms with Gasteiger partial charge in [-0.3, -0.25) is 4.79 Å². The van der Waals surface area contributed by atoms with Gasteiger partial charge in [0.05, 0.1) is 18.4 Å². The second-order valence-electron chi connectivity index (χ2n) is 6.43. The minimum Gasteiger partial charge on any atom is -0.490 e. The average molecular weight is 453 g/mol. The van der Waals surface area contributed by atoms with Gasteiger partial charge in [-0.2, -0.15) is 5.10 Å². The lowest BCUT2D eigenvalue weighted by Crippen LogP contribution is -2.24. The number of nitrogens with one attached hydrogen (secondary N) is 1. The van der Waals surface area contributed by atoms with Gasteiger partial charge < -0.3 is 14.2 Å². The Hall–Kier alpha value is -3.84. The fraction of sp³-hybridized carbons (Fsp3) is 0.125. The summed E-state index contributed by atoms with van der Waals surface area (Å²) in [7, 11) is 0. The summed E-state index contributed by atoms with van der Waals surface area (Å²) >= 11 is 5.85. The molecular weight excluding hydrogens is 432 g/mol. The van der Waals surface area contributed by atoms with Gasteiger partial charge in [0.1, 0.15) is 5.75 Å². The van der Waals surface area contributed by atoms with Gasteiger partial charge in [-0.15, -0.1) is 0 Å². The Morgan fingerprint density at radius 3 is 2.44 bits per heavy atom. The third kappa shape index (κ3) is 6.85. The lowest BCUT2D eigenvalue weighted by molar-refractivity contribution is -0.123. The molecular formula is C24H21ClN2O5. The second kappa shape index (κ2) is 11.5. The number of carbonyl (C=O) groups excluding carboxylic acids is 2. The number of rotatable bonds is 9. The molecule has 1 N–H and O–H groups in total. The molecule has 0 aliphatic rings. The van der Waals surface area contributed by atoms with Gasteiger partial charge in [-0.25, -0.2) is 10.2 Å². The smallest absolute Gasteiger partial charge is 0.343 e. The first kappa shape index (κ1) is 22.8. The van der Waals surface area contributed by atoms with Crippen molar-refractivity contribution in [2.75, 3.05) is 13.2 Å². The largest absolute Gasteiger partial charge is 0.490 e. The molecule has 0 fully saturated rings. The number of para-hydroxylation sites is 1. The molecule has 164 valence electrons. The number of carbonyl (C=O) groups is 2. The summed E-state index contributed by atoms with van der Waals surface area (Å²) in [6.45, 7) is 2.03. The highest BCUT2D eigenvalue weighted by atomic mass is 35.5. The molecule has 0 aromatic heterocycles. The molecule has 3 rings (SSSR count). The van der Waals surface area contributed by atoms with E-state index in [-0.39, 0.29) is 12.4 Å². The summed E-state index contributed by atoms with van der Waals surface area (Å²) in [5.41, 5.74) is 3.40. The molecule has 8 heteroatoms. The van der Waals surface area contributed by atoms with E-state index in [1.54, 1.807) is 54.6 Å². The topological polar surface area (TPSA) is 86.2 Å². The molecule has 0 spiro atoms. The maximum atomic E-state index is 12.4. The molecule has 0 heterocycles. The summed E-state index contributed by atoms with van der Waals surface area (Å²) < 4.78 is 16.4. The van der Waals surface area contributed by atoms with Crippen molar-refractivity contribution in [1.29, 1.82) is 0 Å². The van der Waals surface area contributed by atoms with E-state index in [0.717, 1.165) is 0 Å². The lowest BCUT2D eigenvalue weighted by Gasteiger charge is -2.11. The first-order valence-corrected chi connectivity index (χ1v) is 10.2. The Bertz CT molecular complexity index is 1090. The fourth-order valence-electron chi connectivity index (χ4n) is 2.58. The van der Waals surface area contributed by atoms with Gasteiger partial charge in [0, 0.05) is 5.02 Å². The molecule has 0 radical (unpaired) electrons. The second-order valence-corrected chi connectivity index (χ2v) is 6.87. The number of nitrogens with zero attached hydrogens (tertiary/aromatic N) is 1. The number of ether oxygens (including phenoxy) is 3. The Kier molecular flexibility index (Phi) is 8.22. The number of hydrogen-bond donors (Lipinski definition) is 1. The van der Waals surface area contributed by atoms with Crippen LogP contribution in [-0.4, -0.2) is 31.3 Å². The van der Waals surface area contributed by atoms with Crippen molar-refractivity contribution < 1.29 is 23.8 Å². The minimum atomic E-state index is -0.533. The summed E-state index contributed by atoms with van der Waals surface area (Å²) in [6.07, 6.45) is 1.45. The molecule has 3 aromatic carbocycles. The quantitative estimate of drug-likeness (QED) is 0.224. The van der Waals surface area contributed by atoms with Crippen LogP contribution in [0.3, 0.4) is 0 Å². The van der Waals surface area contributed by atoms with Crippen LogP contribution in [0.15, 0.2) is 77.9 Å². The van der Waals surface area contributed by atoms with Crippen molar-refractivity contribution >= 4 is 29.7 Å². The van der Waals surface area contributed by atoms with Crippen molar-refractivity contribution in [2.24, 2.45) is 5.10 Å². The van der Waals surface area contributed by atoms with E-state index in [2.05, 4.69) is 10.5 Å². The van der Waals surface area contributed by atoms with Crippen LogP contribution >= 0.6 is 11.6 Å². The molecule has 32 heavy (non-hydrogen) atoms. The zero-order valence-corrected chi connectivity index (χ0v) is 18.0. The lowest BCUT2D eigenvalue weighted by atomic mass is 10.2. The van der Waals surface area contributed by atoms with E-state index < -0.39 is 11.9 Å². The van der Waals surface area contributed by atoms with E-state index in [0.29, 0.717) is 34.3 Å². The standard InChI is InChI=1S/C24H21ClN2O5/c1-2-30-22-14-17(15-26-27-23(28)16-31-20-6-4-3-5-7-20)8-13-21(22)32-24(29)18-9-11-19(25)12-10-18/h3-15H,2,16H2,1H3,(H,27,28). The van der Waals surface area contributed by atoms with E-state index in [9.17, 15) is 9.59 Å². The van der Waals surface area contributed by atoms with Crippen LogP contribution in [0.1, 0.15) is 22.8 Å². The molecule has 0 atom stereocenters. The number of benzene rings is 3. The van der Waals surface area contributed by atoms with E-state index in [4.69, 9.17) is 25.8 Å². The normalized spacial score (nSPS) is 10.6. The molecule has 0 saturated carbocycles. The van der Waals surface area contributed by atoms with Crippen molar-refractivity contribution in [3.63, 3.8) is 0 Å².